The van der Waals surface area contributed by atoms with E-state index in [0.717, 1.165) is 0 Å². The number of hydrogen-bond acceptors (Lipinski definition) is 5. The highest BCUT2D eigenvalue weighted by molar-refractivity contribution is 6.12. The average Bonchev–Trinajstić information content (AvgIpc) is 2.68. The number of aromatic hydroxyl groups is 1. The van der Waals surface area contributed by atoms with Crippen LogP contribution in [0.5, 0.6) is 5.75 Å². The molecule has 0 atom stereocenters. The average molecular weight is 328 g/mol. The van der Waals surface area contributed by atoms with Gasteiger partial charge in [-0.3, -0.25) is 14.8 Å². The SMILES string of the molecule is O=C(N=Nc1c(O)c2cccnc2c2ncccc12)c1ccccc1. The zero-order valence-corrected chi connectivity index (χ0v) is 13.0. The molecule has 6 heteroatoms. The van der Waals surface area contributed by atoms with E-state index >= 15 is 0 Å². The molecule has 0 fully saturated rings. The Hall–Kier alpha value is -3.67. The van der Waals surface area contributed by atoms with E-state index in [2.05, 4.69) is 20.2 Å². The van der Waals surface area contributed by atoms with Crippen LogP contribution >= 0.6 is 0 Å². The van der Waals surface area contributed by atoms with Gasteiger partial charge in [-0.2, -0.15) is 0 Å². The molecule has 2 heterocycles. The highest BCUT2D eigenvalue weighted by Crippen LogP contribution is 2.41. The lowest BCUT2D eigenvalue weighted by atomic mass is 10.1. The monoisotopic (exact) mass is 328 g/mol. The van der Waals surface area contributed by atoms with E-state index in [4.69, 9.17) is 0 Å². The highest BCUT2D eigenvalue weighted by Gasteiger charge is 2.15. The summed E-state index contributed by atoms with van der Waals surface area (Å²) in [4.78, 5) is 20.8. The predicted octanol–water partition coefficient (Wildman–Crippen LogP) is 4.41. The summed E-state index contributed by atoms with van der Waals surface area (Å²) in [6.07, 6.45) is 3.28. The lowest BCUT2D eigenvalue weighted by Gasteiger charge is -2.07. The maximum atomic E-state index is 12.2. The molecule has 0 spiro atoms. The smallest absolute Gasteiger partial charge is 0.295 e. The van der Waals surface area contributed by atoms with Gasteiger partial charge in [0.25, 0.3) is 5.91 Å². The van der Waals surface area contributed by atoms with Crippen molar-refractivity contribution in [1.29, 1.82) is 0 Å². The highest BCUT2D eigenvalue weighted by atomic mass is 16.3. The molecule has 0 aliphatic rings. The van der Waals surface area contributed by atoms with Gasteiger partial charge in [-0.25, -0.2) is 0 Å². The summed E-state index contributed by atoms with van der Waals surface area (Å²) >= 11 is 0. The molecule has 0 bridgehead atoms. The molecule has 4 rings (SSSR count). The van der Waals surface area contributed by atoms with Crippen LogP contribution in [0.1, 0.15) is 10.4 Å². The fourth-order valence-electron chi connectivity index (χ4n) is 2.66. The number of benzene rings is 2. The minimum Gasteiger partial charge on any atom is -0.505 e. The van der Waals surface area contributed by atoms with Crippen LogP contribution in [-0.2, 0) is 0 Å². The van der Waals surface area contributed by atoms with Gasteiger partial charge >= 0.3 is 0 Å². The van der Waals surface area contributed by atoms with Gasteiger partial charge in [0.05, 0.1) is 5.52 Å². The lowest BCUT2D eigenvalue weighted by Crippen LogP contribution is -1.92. The minimum absolute atomic E-state index is 0.0757. The quantitative estimate of drug-likeness (QED) is 0.436. The van der Waals surface area contributed by atoms with Gasteiger partial charge in [0.2, 0.25) is 0 Å². The number of pyridine rings is 2. The fraction of sp³-hybridized carbons (Fsp3) is 0. The number of carbonyl (C=O) groups is 1. The standard InChI is InChI=1S/C19H12N4O2/c24-18-14-9-5-11-21-16(14)15-13(8-4-10-20-15)17(18)22-23-19(25)12-6-2-1-3-7-12/h1-11,24H. The van der Waals surface area contributed by atoms with Crippen LogP contribution in [-0.4, -0.2) is 21.0 Å². The largest absolute Gasteiger partial charge is 0.505 e. The van der Waals surface area contributed by atoms with Gasteiger partial charge in [0, 0.05) is 28.7 Å². The first kappa shape index (κ1) is 14.9. The molecule has 6 nitrogen and oxygen atoms in total. The first-order valence-electron chi connectivity index (χ1n) is 7.61. The van der Waals surface area contributed by atoms with Crippen molar-refractivity contribution in [3.63, 3.8) is 0 Å². The number of phenolic OH excluding ortho intramolecular Hbond substituents is 1. The molecule has 0 unspecified atom stereocenters. The molecule has 2 aromatic heterocycles. The molecule has 0 saturated carbocycles. The summed E-state index contributed by atoms with van der Waals surface area (Å²) in [6, 6.07) is 15.6. The maximum absolute atomic E-state index is 12.2. The maximum Gasteiger partial charge on any atom is 0.295 e. The second-order valence-electron chi connectivity index (χ2n) is 5.37. The molecule has 0 aliphatic heterocycles. The van der Waals surface area contributed by atoms with Crippen LogP contribution < -0.4 is 0 Å². The summed E-state index contributed by atoms with van der Waals surface area (Å²) in [5, 5.41) is 19.5. The fourth-order valence-corrected chi connectivity index (χ4v) is 2.66. The number of rotatable bonds is 2. The van der Waals surface area contributed by atoms with E-state index < -0.39 is 5.91 Å². The third-order valence-corrected chi connectivity index (χ3v) is 3.84. The van der Waals surface area contributed by atoms with E-state index in [-0.39, 0.29) is 11.4 Å². The Balaban J connectivity index is 1.90. The van der Waals surface area contributed by atoms with Crippen molar-refractivity contribution >= 4 is 33.4 Å². The number of aromatic nitrogens is 2. The van der Waals surface area contributed by atoms with E-state index in [1.807, 2.05) is 6.07 Å². The van der Waals surface area contributed by atoms with E-state index in [9.17, 15) is 9.90 Å². The topological polar surface area (TPSA) is 87.8 Å². The summed E-state index contributed by atoms with van der Waals surface area (Å²) in [5.41, 5.74) is 1.80. The zero-order valence-electron chi connectivity index (χ0n) is 13.0. The molecule has 0 saturated heterocycles. The third-order valence-electron chi connectivity index (χ3n) is 3.84. The van der Waals surface area contributed by atoms with Gasteiger partial charge in [-0.05, 0) is 36.4 Å². The molecule has 25 heavy (non-hydrogen) atoms. The number of fused-ring (bicyclic) bond motifs is 3. The molecular weight excluding hydrogens is 316 g/mol. The third kappa shape index (κ3) is 2.59. The number of hydrogen-bond donors (Lipinski definition) is 1. The van der Waals surface area contributed by atoms with E-state index in [0.29, 0.717) is 27.4 Å². The Kier molecular flexibility index (Phi) is 3.63. The second kappa shape index (κ2) is 6.09. The predicted molar refractivity (Wildman–Crippen MR) is 94.0 cm³/mol. The Morgan fingerprint density at radius 3 is 2.20 bits per heavy atom. The second-order valence-corrected chi connectivity index (χ2v) is 5.37. The molecule has 0 radical (unpaired) electrons. The van der Waals surface area contributed by atoms with Crippen LogP contribution in [0.2, 0.25) is 0 Å². The first-order valence-corrected chi connectivity index (χ1v) is 7.61. The van der Waals surface area contributed by atoms with Crippen molar-refractivity contribution < 1.29 is 9.90 Å². The molecule has 2 aromatic carbocycles. The van der Waals surface area contributed by atoms with Crippen LogP contribution in [0.4, 0.5) is 5.69 Å². The normalized spacial score (nSPS) is 11.4. The number of phenols is 1. The van der Waals surface area contributed by atoms with Crippen molar-refractivity contribution in [2.24, 2.45) is 10.2 Å². The van der Waals surface area contributed by atoms with Crippen molar-refractivity contribution in [2.75, 3.05) is 0 Å². The van der Waals surface area contributed by atoms with Gasteiger partial charge in [0.1, 0.15) is 11.2 Å². The van der Waals surface area contributed by atoms with Gasteiger partial charge in [-0.15, -0.1) is 10.2 Å². The van der Waals surface area contributed by atoms with Crippen LogP contribution in [0.15, 0.2) is 77.2 Å². The summed E-state index contributed by atoms with van der Waals surface area (Å²) in [7, 11) is 0. The summed E-state index contributed by atoms with van der Waals surface area (Å²) in [6.45, 7) is 0. The lowest BCUT2D eigenvalue weighted by molar-refractivity contribution is 0.0995. The van der Waals surface area contributed by atoms with Gasteiger partial charge < -0.3 is 5.11 Å². The number of azo groups is 1. The van der Waals surface area contributed by atoms with Crippen molar-refractivity contribution in [1.82, 2.24) is 9.97 Å². The van der Waals surface area contributed by atoms with Crippen LogP contribution in [0, 0.1) is 0 Å². The molecule has 4 aromatic rings. The molecular formula is C19H12N4O2. The molecule has 1 amide bonds. The van der Waals surface area contributed by atoms with Crippen molar-refractivity contribution in [3.8, 4) is 5.75 Å². The van der Waals surface area contributed by atoms with E-state index in [1.165, 1.54) is 0 Å². The van der Waals surface area contributed by atoms with Crippen LogP contribution in [0.25, 0.3) is 21.8 Å². The molecule has 120 valence electrons. The van der Waals surface area contributed by atoms with Crippen LogP contribution in [0.3, 0.4) is 0 Å². The van der Waals surface area contributed by atoms with Crippen molar-refractivity contribution in [2.45, 2.75) is 0 Å². The summed E-state index contributed by atoms with van der Waals surface area (Å²) < 4.78 is 0. The van der Waals surface area contributed by atoms with Gasteiger partial charge in [-0.1, -0.05) is 18.2 Å². The Morgan fingerprint density at radius 2 is 1.48 bits per heavy atom. The summed E-state index contributed by atoms with van der Waals surface area (Å²) in [5.74, 6) is -0.559. The number of nitrogens with zero attached hydrogens (tertiary/aromatic N) is 4. The molecule has 0 aliphatic carbocycles. The molecule has 1 N–H and O–H groups in total. The minimum atomic E-state index is -0.483. The first-order chi connectivity index (χ1) is 12.3. The Labute approximate surface area is 142 Å². The van der Waals surface area contributed by atoms with Gasteiger partial charge in [0.15, 0.2) is 5.75 Å². The number of amides is 1. The Bertz CT molecular complexity index is 1120. The Morgan fingerprint density at radius 1 is 0.840 bits per heavy atom. The van der Waals surface area contributed by atoms with E-state index in [1.54, 1.807) is 60.9 Å². The van der Waals surface area contributed by atoms with Crippen molar-refractivity contribution in [3.05, 3.63) is 72.6 Å². The zero-order chi connectivity index (χ0) is 17.2. The number of carbonyl (C=O) groups excluding carboxylic acids is 1.